The first-order valence-electron chi connectivity index (χ1n) is 6.65. The van der Waals surface area contributed by atoms with Crippen molar-refractivity contribution < 1.29 is 9.53 Å². The Balaban J connectivity index is 2.49. The number of hydrogen-bond acceptors (Lipinski definition) is 4. The van der Waals surface area contributed by atoms with Crippen molar-refractivity contribution in [1.82, 2.24) is 0 Å². The van der Waals surface area contributed by atoms with Crippen LogP contribution in [0.2, 0.25) is 0 Å². The standard InChI is InChI=1S/C16H19NO2S/c1-4-5-11-6-8-12(9-7-11)13-10(2)20-15(17)14(13)16(18)19-3/h6-9H,4-5,17H2,1-3H3. The molecule has 0 fully saturated rings. The molecule has 2 rings (SSSR count). The van der Waals surface area contributed by atoms with Crippen LogP contribution in [0.25, 0.3) is 11.1 Å². The van der Waals surface area contributed by atoms with Crippen molar-refractivity contribution in [1.29, 1.82) is 0 Å². The van der Waals surface area contributed by atoms with Crippen LogP contribution in [-0.2, 0) is 11.2 Å². The van der Waals surface area contributed by atoms with Gasteiger partial charge in [-0.25, -0.2) is 4.79 Å². The smallest absolute Gasteiger partial charge is 0.341 e. The molecule has 106 valence electrons. The predicted octanol–water partition coefficient (Wildman–Crippen LogP) is 4.04. The average molecular weight is 289 g/mol. The molecule has 1 aromatic carbocycles. The van der Waals surface area contributed by atoms with Crippen LogP contribution in [0.5, 0.6) is 0 Å². The Hall–Kier alpha value is -1.81. The average Bonchev–Trinajstić information content (AvgIpc) is 2.74. The molecule has 0 radical (unpaired) electrons. The zero-order valence-corrected chi connectivity index (χ0v) is 12.8. The van der Waals surface area contributed by atoms with Gasteiger partial charge in [-0.3, -0.25) is 0 Å². The first kappa shape index (κ1) is 14.6. The molecule has 0 unspecified atom stereocenters. The summed E-state index contributed by atoms with van der Waals surface area (Å²) in [5.74, 6) is -0.375. The molecule has 0 amide bonds. The van der Waals surface area contributed by atoms with Gasteiger partial charge in [0, 0.05) is 10.4 Å². The Morgan fingerprint density at radius 2 is 1.95 bits per heavy atom. The van der Waals surface area contributed by atoms with Crippen molar-refractivity contribution in [2.24, 2.45) is 0 Å². The van der Waals surface area contributed by atoms with E-state index in [1.54, 1.807) is 0 Å². The summed E-state index contributed by atoms with van der Waals surface area (Å²) in [5.41, 5.74) is 9.64. The molecule has 0 spiro atoms. The van der Waals surface area contributed by atoms with Crippen molar-refractivity contribution in [2.45, 2.75) is 26.7 Å². The molecular weight excluding hydrogens is 270 g/mol. The van der Waals surface area contributed by atoms with E-state index < -0.39 is 0 Å². The number of methoxy groups -OCH3 is 1. The summed E-state index contributed by atoms with van der Waals surface area (Å²) in [6.45, 7) is 4.13. The molecule has 2 N–H and O–H groups in total. The Kier molecular flexibility index (Phi) is 4.45. The zero-order valence-electron chi connectivity index (χ0n) is 12.0. The Morgan fingerprint density at radius 3 is 2.50 bits per heavy atom. The molecule has 0 saturated heterocycles. The summed E-state index contributed by atoms with van der Waals surface area (Å²) in [6, 6.07) is 8.30. The lowest BCUT2D eigenvalue weighted by molar-refractivity contribution is 0.0603. The Labute approximate surface area is 123 Å². The van der Waals surface area contributed by atoms with E-state index in [1.807, 2.05) is 19.1 Å². The van der Waals surface area contributed by atoms with Gasteiger partial charge in [-0.2, -0.15) is 0 Å². The maximum atomic E-state index is 11.9. The van der Waals surface area contributed by atoms with Crippen molar-refractivity contribution in [3.05, 3.63) is 40.3 Å². The second kappa shape index (κ2) is 6.09. The number of hydrogen-bond donors (Lipinski definition) is 1. The van der Waals surface area contributed by atoms with E-state index in [1.165, 1.54) is 24.0 Å². The van der Waals surface area contributed by atoms with Crippen LogP contribution in [0.1, 0.15) is 34.1 Å². The third-order valence-electron chi connectivity index (χ3n) is 3.28. The summed E-state index contributed by atoms with van der Waals surface area (Å²) in [7, 11) is 1.38. The van der Waals surface area contributed by atoms with Gasteiger partial charge >= 0.3 is 5.97 Å². The third kappa shape index (κ3) is 2.70. The van der Waals surface area contributed by atoms with Gasteiger partial charge in [-0.15, -0.1) is 11.3 Å². The summed E-state index contributed by atoms with van der Waals surface area (Å²) >= 11 is 1.43. The van der Waals surface area contributed by atoms with E-state index in [9.17, 15) is 4.79 Å². The fraction of sp³-hybridized carbons (Fsp3) is 0.312. The summed E-state index contributed by atoms with van der Waals surface area (Å²) in [5, 5.41) is 0.516. The third-order valence-corrected chi connectivity index (χ3v) is 4.22. The number of carbonyl (C=O) groups excluding carboxylic acids is 1. The summed E-state index contributed by atoms with van der Waals surface area (Å²) in [4.78, 5) is 12.9. The molecule has 0 aliphatic heterocycles. The molecule has 0 aliphatic rings. The number of aryl methyl sites for hydroxylation is 2. The number of rotatable bonds is 4. The van der Waals surface area contributed by atoms with Gasteiger partial charge < -0.3 is 10.5 Å². The van der Waals surface area contributed by atoms with E-state index in [0.717, 1.165) is 28.8 Å². The van der Waals surface area contributed by atoms with Crippen LogP contribution in [0, 0.1) is 6.92 Å². The minimum absolute atomic E-state index is 0.375. The molecule has 0 saturated carbocycles. The van der Waals surface area contributed by atoms with Crippen molar-refractivity contribution in [3.63, 3.8) is 0 Å². The van der Waals surface area contributed by atoms with E-state index in [2.05, 4.69) is 19.1 Å². The van der Waals surface area contributed by atoms with Gasteiger partial charge in [0.15, 0.2) is 0 Å². The Morgan fingerprint density at radius 1 is 1.30 bits per heavy atom. The predicted molar refractivity (Wildman–Crippen MR) is 84.2 cm³/mol. The molecular formula is C16H19NO2S. The van der Waals surface area contributed by atoms with Gasteiger partial charge in [0.05, 0.1) is 7.11 Å². The first-order chi connectivity index (χ1) is 9.58. The van der Waals surface area contributed by atoms with Crippen LogP contribution in [0.15, 0.2) is 24.3 Å². The highest BCUT2D eigenvalue weighted by Crippen LogP contribution is 2.38. The minimum Gasteiger partial charge on any atom is -0.465 e. The normalized spacial score (nSPS) is 10.6. The Bertz CT molecular complexity index is 614. The molecule has 3 nitrogen and oxygen atoms in total. The van der Waals surface area contributed by atoms with Crippen molar-refractivity contribution in [2.75, 3.05) is 12.8 Å². The minimum atomic E-state index is -0.375. The number of carbonyl (C=O) groups is 1. The molecule has 2 aromatic rings. The van der Waals surface area contributed by atoms with E-state index >= 15 is 0 Å². The van der Waals surface area contributed by atoms with Crippen LogP contribution < -0.4 is 5.73 Å². The number of nitrogens with two attached hydrogens (primary N) is 1. The SMILES string of the molecule is CCCc1ccc(-c2c(C)sc(N)c2C(=O)OC)cc1. The van der Waals surface area contributed by atoms with Crippen LogP contribution in [-0.4, -0.2) is 13.1 Å². The van der Waals surface area contributed by atoms with Crippen LogP contribution in [0.3, 0.4) is 0 Å². The van der Waals surface area contributed by atoms with E-state index in [0.29, 0.717) is 10.6 Å². The molecule has 0 atom stereocenters. The van der Waals surface area contributed by atoms with Gasteiger partial charge in [-0.1, -0.05) is 37.6 Å². The number of anilines is 1. The van der Waals surface area contributed by atoms with E-state index in [4.69, 9.17) is 10.5 Å². The monoisotopic (exact) mass is 289 g/mol. The van der Waals surface area contributed by atoms with Crippen molar-refractivity contribution in [3.8, 4) is 11.1 Å². The van der Waals surface area contributed by atoms with Gasteiger partial charge in [0.2, 0.25) is 0 Å². The highest BCUT2D eigenvalue weighted by atomic mass is 32.1. The second-order valence-corrected chi connectivity index (χ2v) is 5.97. The van der Waals surface area contributed by atoms with Gasteiger partial charge in [-0.05, 0) is 24.5 Å². The number of esters is 1. The molecule has 20 heavy (non-hydrogen) atoms. The summed E-state index contributed by atoms with van der Waals surface area (Å²) < 4.78 is 4.84. The van der Waals surface area contributed by atoms with Crippen LogP contribution >= 0.6 is 11.3 Å². The maximum absolute atomic E-state index is 11.9. The molecule has 4 heteroatoms. The summed E-state index contributed by atoms with van der Waals surface area (Å²) in [6.07, 6.45) is 2.19. The lowest BCUT2D eigenvalue weighted by atomic mass is 9.99. The van der Waals surface area contributed by atoms with E-state index in [-0.39, 0.29) is 5.97 Å². The number of thiophene rings is 1. The first-order valence-corrected chi connectivity index (χ1v) is 7.46. The quantitative estimate of drug-likeness (QED) is 0.864. The fourth-order valence-electron chi connectivity index (χ4n) is 2.35. The molecule has 0 bridgehead atoms. The van der Waals surface area contributed by atoms with Gasteiger partial charge in [0.25, 0.3) is 0 Å². The number of benzene rings is 1. The lowest BCUT2D eigenvalue weighted by Crippen LogP contribution is -2.04. The second-order valence-electron chi connectivity index (χ2n) is 4.71. The largest absolute Gasteiger partial charge is 0.465 e. The lowest BCUT2D eigenvalue weighted by Gasteiger charge is -2.07. The highest BCUT2D eigenvalue weighted by molar-refractivity contribution is 7.16. The van der Waals surface area contributed by atoms with Crippen molar-refractivity contribution >= 4 is 22.3 Å². The topological polar surface area (TPSA) is 52.3 Å². The molecule has 1 heterocycles. The molecule has 0 aliphatic carbocycles. The van der Waals surface area contributed by atoms with Gasteiger partial charge in [0.1, 0.15) is 10.6 Å². The number of nitrogen functional groups attached to an aromatic ring is 1. The number of ether oxygens (including phenoxy) is 1. The fourth-order valence-corrected chi connectivity index (χ4v) is 3.28. The zero-order chi connectivity index (χ0) is 14.7. The molecule has 1 aromatic heterocycles. The van der Waals surface area contributed by atoms with Crippen LogP contribution in [0.4, 0.5) is 5.00 Å². The maximum Gasteiger partial charge on any atom is 0.341 e. The highest BCUT2D eigenvalue weighted by Gasteiger charge is 2.22.